The summed E-state index contributed by atoms with van der Waals surface area (Å²) >= 11 is 0. The lowest BCUT2D eigenvalue weighted by Gasteiger charge is -2.25. The van der Waals surface area contributed by atoms with E-state index in [0.29, 0.717) is 5.69 Å². The number of anilines is 1. The molecule has 6 nitrogen and oxygen atoms in total. The van der Waals surface area contributed by atoms with Crippen molar-refractivity contribution in [2.24, 2.45) is 5.92 Å². The Hall–Kier alpha value is -2.24. The summed E-state index contributed by atoms with van der Waals surface area (Å²) in [5.74, 6) is -0.812. The zero-order chi connectivity index (χ0) is 15.3. The van der Waals surface area contributed by atoms with Crippen LogP contribution in [0.1, 0.15) is 20.3 Å². The number of urea groups is 1. The van der Waals surface area contributed by atoms with Crippen LogP contribution in [-0.2, 0) is 4.79 Å². The first-order chi connectivity index (χ1) is 9.31. The van der Waals surface area contributed by atoms with Crippen molar-refractivity contribution in [3.63, 3.8) is 0 Å². The van der Waals surface area contributed by atoms with Gasteiger partial charge in [0.1, 0.15) is 5.75 Å². The van der Waals surface area contributed by atoms with Crippen molar-refractivity contribution in [3.8, 4) is 5.75 Å². The SMILES string of the molecule is CC(C)C(CC(=O)O)NC(=O)N(C)c1ccc(O)cc1. The van der Waals surface area contributed by atoms with Crippen LogP contribution in [0, 0.1) is 5.92 Å². The number of amides is 2. The summed E-state index contributed by atoms with van der Waals surface area (Å²) in [4.78, 5) is 24.2. The molecule has 0 fully saturated rings. The first-order valence-electron chi connectivity index (χ1n) is 6.36. The number of hydrogen-bond acceptors (Lipinski definition) is 3. The van der Waals surface area contributed by atoms with Gasteiger partial charge in [-0.3, -0.25) is 9.69 Å². The molecule has 0 saturated heterocycles. The van der Waals surface area contributed by atoms with E-state index in [1.54, 1.807) is 19.2 Å². The molecule has 0 bridgehead atoms. The number of carboxylic acids is 1. The number of nitrogens with zero attached hydrogens (tertiary/aromatic N) is 1. The molecule has 3 N–H and O–H groups in total. The fourth-order valence-electron chi connectivity index (χ4n) is 1.69. The van der Waals surface area contributed by atoms with Gasteiger partial charge in [0.2, 0.25) is 0 Å². The van der Waals surface area contributed by atoms with E-state index in [0.717, 1.165) is 0 Å². The van der Waals surface area contributed by atoms with Gasteiger partial charge in [-0.25, -0.2) is 4.79 Å². The standard InChI is InChI=1S/C14H20N2O4/c1-9(2)12(8-13(18)19)15-14(20)16(3)10-4-6-11(17)7-5-10/h4-7,9,12,17H,8H2,1-3H3,(H,15,20)(H,18,19). The van der Waals surface area contributed by atoms with E-state index >= 15 is 0 Å². The number of aromatic hydroxyl groups is 1. The summed E-state index contributed by atoms with van der Waals surface area (Å²) in [6.45, 7) is 3.71. The summed E-state index contributed by atoms with van der Waals surface area (Å²) in [7, 11) is 1.58. The molecule has 0 spiro atoms. The second-order valence-electron chi connectivity index (χ2n) is 4.97. The molecular formula is C14H20N2O4. The first-order valence-corrected chi connectivity index (χ1v) is 6.36. The number of rotatable bonds is 5. The van der Waals surface area contributed by atoms with E-state index in [2.05, 4.69) is 5.32 Å². The van der Waals surface area contributed by atoms with Crippen LogP contribution in [0.15, 0.2) is 24.3 Å². The molecule has 1 atom stereocenters. The third kappa shape index (κ3) is 4.46. The molecule has 0 aliphatic heterocycles. The Bertz CT molecular complexity index is 471. The molecule has 2 amide bonds. The summed E-state index contributed by atoms with van der Waals surface area (Å²) < 4.78 is 0. The fraction of sp³-hybridized carbons (Fsp3) is 0.429. The van der Waals surface area contributed by atoms with Crippen LogP contribution in [0.25, 0.3) is 0 Å². The second kappa shape index (κ2) is 6.79. The molecule has 1 aromatic rings. The van der Waals surface area contributed by atoms with Crippen molar-refractivity contribution >= 4 is 17.7 Å². The zero-order valence-electron chi connectivity index (χ0n) is 11.8. The molecular weight excluding hydrogens is 260 g/mol. The number of benzene rings is 1. The van der Waals surface area contributed by atoms with E-state index in [-0.39, 0.29) is 24.1 Å². The molecule has 20 heavy (non-hydrogen) atoms. The normalized spacial score (nSPS) is 12.0. The van der Waals surface area contributed by atoms with Gasteiger partial charge in [-0.05, 0) is 30.2 Å². The Labute approximate surface area is 118 Å². The summed E-state index contributed by atoms with van der Waals surface area (Å²) in [6.07, 6.45) is -0.118. The van der Waals surface area contributed by atoms with Crippen LogP contribution in [0.4, 0.5) is 10.5 Å². The lowest BCUT2D eigenvalue weighted by atomic mass is 10.0. The molecule has 1 aromatic carbocycles. The maximum atomic E-state index is 12.1. The summed E-state index contributed by atoms with van der Waals surface area (Å²) in [5, 5.41) is 20.8. The van der Waals surface area contributed by atoms with Gasteiger partial charge in [0.15, 0.2) is 0 Å². The van der Waals surface area contributed by atoms with Crippen LogP contribution < -0.4 is 10.2 Å². The highest BCUT2D eigenvalue weighted by Crippen LogP contribution is 2.17. The minimum Gasteiger partial charge on any atom is -0.508 e. The average molecular weight is 280 g/mol. The minimum atomic E-state index is -0.948. The number of phenols is 1. The molecule has 0 heterocycles. The number of aliphatic carboxylic acids is 1. The highest BCUT2D eigenvalue weighted by molar-refractivity contribution is 5.91. The predicted molar refractivity (Wildman–Crippen MR) is 75.9 cm³/mol. The van der Waals surface area contributed by atoms with Crippen LogP contribution in [0.3, 0.4) is 0 Å². The Morgan fingerprint density at radius 1 is 1.25 bits per heavy atom. The van der Waals surface area contributed by atoms with Crippen LogP contribution >= 0.6 is 0 Å². The largest absolute Gasteiger partial charge is 0.508 e. The number of hydrogen-bond donors (Lipinski definition) is 3. The van der Waals surface area contributed by atoms with Gasteiger partial charge < -0.3 is 15.5 Å². The zero-order valence-corrected chi connectivity index (χ0v) is 11.8. The van der Waals surface area contributed by atoms with Gasteiger partial charge >= 0.3 is 12.0 Å². The van der Waals surface area contributed by atoms with Crippen molar-refractivity contribution in [1.82, 2.24) is 5.32 Å². The lowest BCUT2D eigenvalue weighted by Crippen LogP contribution is -2.46. The summed E-state index contributed by atoms with van der Waals surface area (Å²) in [5.41, 5.74) is 0.609. The van der Waals surface area contributed by atoms with E-state index in [1.165, 1.54) is 17.0 Å². The van der Waals surface area contributed by atoms with Crippen LogP contribution in [0.5, 0.6) is 5.75 Å². The van der Waals surface area contributed by atoms with E-state index in [1.807, 2.05) is 13.8 Å². The van der Waals surface area contributed by atoms with Crippen LogP contribution in [0.2, 0.25) is 0 Å². The Balaban J connectivity index is 2.73. The molecule has 6 heteroatoms. The minimum absolute atomic E-state index is 0.0169. The fourth-order valence-corrected chi connectivity index (χ4v) is 1.69. The molecule has 0 saturated carbocycles. The van der Waals surface area contributed by atoms with Gasteiger partial charge in [0.25, 0.3) is 0 Å². The number of nitrogens with one attached hydrogen (secondary N) is 1. The summed E-state index contributed by atoms with van der Waals surface area (Å²) in [6, 6.07) is 5.37. The van der Waals surface area contributed by atoms with Gasteiger partial charge in [0.05, 0.1) is 6.42 Å². The third-order valence-electron chi connectivity index (χ3n) is 3.05. The molecule has 110 valence electrons. The maximum absolute atomic E-state index is 12.1. The molecule has 0 aliphatic rings. The van der Waals surface area contributed by atoms with Gasteiger partial charge in [-0.15, -0.1) is 0 Å². The van der Waals surface area contributed by atoms with Crippen molar-refractivity contribution in [2.75, 3.05) is 11.9 Å². The van der Waals surface area contributed by atoms with E-state index < -0.39 is 12.0 Å². The highest BCUT2D eigenvalue weighted by atomic mass is 16.4. The molecule has 1 rings (SSSR count). The predicted octanol–water partition coefficient (Wildman–Crippen LogP) is 2.04. The molecule has 0 aliphatic carbocycles. The smallest absolute Gasteiger partial charge is 0.321 e. The Morgan fingerprint density at radius 3 is 2.25 bits per heavy atom. The number of phenolic OH excluding ortho intramolecular Hbond substituents is 1. The Kier molecular flexibility index (Phi) is 5.37. The topological polar surface area (TPSA) is 89.9 Å². The highest BCUT2D eigenvalue weighted by Gasteiger charge is 2.21. The molecule has 0 radical (unpaired) electrons. The molecule has 1 unspecified atom stereocenters. The van der Waals surface area contributed by atoms with Crippen molar-refractivity contribution in [2.45, 2.75) is 26.3 Å². The third-order valence-corrected chi connectivity index (χ3v) is 3.05. The number of carbonyl (C=O) groups excluding carboxylic acids is 1. The van der Waals surface area contributed by atoms with Gasteiger partial charge in [0, 0.05) is 18.8 Å². The Morgan fingerprint density at radius 2 is 1.80 bits per heavy atom. The monoisotopic (exact) mass is 280 g/mol. The number of carboxylic acid groups (broad SMARTS) is 1. The second-order valence-corrected chi connectivity index (χ2v) is 4.97. The van der Waals surface area contributed by atoms with E-state index in [4.69, 9.17) is 5.11 Å². The van der Waals surface area contributed by atoms with Crippen molar-refractivity contribution < 1.29 is 19.8 Å². The van der Waals surface area contributed by atoms with Crippen molar-refractivity contribution in [1.29, 1.82) is 0 Å². The van der Waals surface area contributed by atoms with Crippen LogP contribution in [-0.4, -0.2) is 35.3 Å². The molecule has 0 aromatic heterocycles. The first kappa shape index (κ1) is 15.8. The van der Waals surface area contributed by atoms with Gasteiger partial charge in [-0.1, -0.05) is 13.8 Å². The number of carbonyl (C=O) groups is 2. The van der Waals surface area contributed by atoms with Crippen molar-refractivity contribution in [3.05, 3.63) is 24.3 Å². The average Bonchev–Trinajstić information content (AvgIpc) is 2.37. The quantitative estimate of drug-likeness (QED) is 0.770. The lowest BCUT2D eigenvalue weighted by molar-refractivity contribution is -0.137. The van der Waals surface area contributed by atoms with E-state index in [9.17, 15) is 14.7 Å². The van der Waals surface area contributed by atoms with Gasteiger partial charge in [-0.2, -0.15) is 0 Å². The maximum Gasteiger partial charge on any atom is 0.321 e.